The van der Waals surface area contributed by atoms with Crippen molar-refractivity contribution in [1.82, 2.24) is 0 Å². The molecule has 3 aromatic rings. The number of nitro groups is 1. The summed E-state index contributed by atoms with van der Waals surface area (Å²) in [6.07, 6.45) is 1.70. The van der Waals surface area contributed by atoms with Crippen LogP contribution >= 0.6 is 0 Å². The first kappa shape index (κ1) is 14.7. The standard InChI is InChI=1S/C19H14N2O2/c22-21(23)19-12-6-15(7-13-19)14-20-18-10-8-17(9-11-18)16-4-2-1-3-5-16/h1-14H. The Bertz CT molecular complexity index is 824. The van der Waals surface area contributed by atoms with Gasteiger partial charge in [0.25, 0.3) is 5.69 Å². The van der Waals surface area contributed by atoms with Crippen LogP contribution in [-0.4, -0.2) is 11.1 Å². The number of hydrogen-bond donors (Lipinski definition) is 0. The molecule has 0 atom stereocenters. The smallest absolute Gasteiger partial charge is 0.258 e. The molecule has 0 saturated carbocycles. The molecular formula is C19H14N2O2. The second-order valence-electron chi connectivity index (χ2n) is 5.02. The number of benzene rings is 3. The van der Waals surface area contributed by atoms with Gasteiger partial charge in [0.2, 0.25) is 0 Å². The summed E-state index contributed by atoms with van der Waals surface area (Å²) in [5.41, 5.74) is 4.04. The monoisotopic (exact) mass is 302 g/mol. The summed E-state index contributed by atoms with van der Waals surface area (Å²) in [4.78, 5) is 14.6. The molecule has 0 aromatic heterocycles. The fourth-order valence-corrected chi connectivity index (χ4v) is 2.20. The van der Waals surface area contributed by atoms with E-state index in [1.807, 2.05) is 42.5 Å². The molecule has 0 unspecified atom stereocenters. The fourth-order valence-electron chi connectivity index (χ4n) is 2.20. The molecule has 0 N–H and O–H groups in total. The summed E-state index contributed by atoms with van der Waals surface area (Å²) in [6, 6.07) is 24.4. The summed E-state index contributed by atoms with van der Waals surface area (Å²) in [7, 11) is 0. The fraction of sp³-hybridized carbons (Fsp3) is 0. The van der Waals surface area contributed by atoms with E-state index >= 15 is 0 Å². The summed E-state index contributed by atoms with van der Waals surface area (Å²) in [5, 5.41) is 10.6. The molecule has 0 bridgehead atoms. The van der Waals surface area contributed by atoms with Crippen LogP contribution in [0.25, 0.3) is 11.1 Å². The number of non-ortho nitro benzene ring substituents is 1. The number of aliphatic imine (C=N–C) groups is 1. The lowest BCUT2D eigenvalue weighted by Crippen LogP contribution is -1.88. The van der Waals surface area contributed by atoms with Crippen LogP contribution in [0.1, 0.15) is 5.56 Å². The Morgan fingerprint density at radius 1 is 0.783 bits per heavy atom. The van der Waals surface area contributed by atoms with E-state index in [4.69, 9.17) is 0 Å². The lowest BCUT2D eigenvalue weighted by atomic mass is 10.1. The Morgan fingerprint density at radius 2 is 1.39 bits per heavy atom. The van der Waals surface area contributed by atoms with Crippen LogP contribution in [0.2, 0.25) is 0 Å². The average Bonchev–Trinajstić information content (AvgIpc) is 2.61. The topological polar surface area (TPSA) is 55.5 Å². The molecule has 0 spiro atoms. The minimum atomic E-state index is -0.413. The second kappa shape index (κ2) is 6.66. The molecule has 0 amide bonds. The molecule has 23 heavy (non-hydrogen) atoms. The molecule has 3 rings (SSSR count). The zero-order valence-electron chi connectivity index (χ0n) is 12.3. The highest BCUT2D eigenvalue weighted by Gasteiger charge is 2.02. The SMILES string of the molecule is O=[N+]([O-])c1ccc(C=Nc2ccc(-c3ccccc3)cc2)cc1. The van der Waals surface area contributed by atoms with Gasteiger partial charge in [-0.2, -0.15) is 0 Å². The van der Waals surface area contributed by atoms with Crippen LogP contribution in [0, 0.1) is 10.1 Å². The molecule has 0 fully saturated rings. The predicted octanol–water partition coefficient (Wildman–Crippen LogP) is 5.01. The van der Waals surface area contributed by atoms with Crippen molar-refractivity contribution in [3.63, 3.8) is 0 Å². The van der Waals surface area contributed by atoms with Crippen molar-refractivity contribution in [2.75, 3.05) is 0 Å². The van der Waals surface area contributed by atoms with E-state index in [0.717, 1.165) is 16.8 Å². The van der Waals surface area contributed by atoms with Crippen LogP contribution in [0.15, 0.2) is 83.9 Å². The molecule has 0 saturated heterocycles. The maximum atomic E-state index is 10.6. The van der Waals surface area contributed by atoms with E-state index in [1.54, 1.807) is 18.3 Å². The highest BCUT2D eigenvalue weighted by Crippen LogP contribution is 2.22. The van der Waals surface area contributed by atoms with Gasteiger partial charge < -0.3 is 0 Å². The summed E-state index contributed by atoms with van der Waals surface area (Å²) in [5.74, 6) is 0. The number of rotatable bonds is 4. The molecule has 4 heteroatoms. The highest BCUT2D eigenvalue weighted by molar-refractivity contribution is 5.82. The Hall–Kier alpha value is -3.27. The number of nitro benzene ring substituents is 1. The normalized spacial score (nSPS) is 10.8. The minimum Gasteiger partial charge on any atom is -0.258 e. The van der Waals surface area contributed by atoms with Gasteiger partial charge in [0.05, 0.1) is 10.6 Å². The van der Waals surface area contributed by atoms with E-state index in [1.165, 1.54) is 17.7 Å². The molecule has 3 aromatic carbocycles. The van der Waals surface area contributed by atoms with Gasteiger partial charge in [-0.05, 0) is 41.0 Å². The van der Waals surface area contributed by atoms with Crippen LogP contribution in [0.5, 0.6) is 0 Å². The highest BCUT2D eigenvalue weighted by atomic mass is 16.6. The first-order valence-corrected chi connectivity index (χ1v) is 7.16. The van der Waals surface area contributed by atoms with Crippen LogP contribution < -0.4 is 0 Å². The Labute approximate surface area is 133 Å². The van der Waals surface area contributed by atoms with Crippen molar-refractivity contribution in [1.29, 1.82) is 0 Å². The maximum Gasteiger partial charge on any atom is 0.269 e. The van der Waals surface area contributed by atoms with Gasteiger partial charge in [-0.25, -0.2) is 0 Å². The summed E-state index contributed by atoms with van der Waals surface area (Å²) >= 11 is 0. The molecule has 0 radical (unpaired) electrons. The Morgan fingerprint density at radius 3 is 2.00 bits per heavy atom. The quantitative estimate of drug-likeness (QED) is 0.386. The van der Waals surface area contributed by atoms with Crippen molar-refractivity contribution < 1.29 is 4.92 Å². The second-order valence-corrected chi connectivity index (χ2v) is 5.02. The third-order valence-corrected chi connectivity index (χ3v) is 3.44. The van der Waals surface area contributed by atoms with E-state index in [0.29, 0.717) is 0 Å². The molecule has 0 aliphatic rings. The van der Waals surface area contributed by atoms with Crippen LogP contribution in [0.4, 0.5) is 11.4 Å². The lowest BCUT2D eigenvalue weighted by molar-refractivity contribution is -0.384. The third-order valence-electron chi connectivity index (χ3n) is 3.44. The molecular weight excluding hydrogens is 288 g/mol. The minimum absolute atomic E-state index is 0.0781. The Balaban J connectivity index is 1.74. The number of hydrogen-bond acceptors (Lipinski definition) is 3. The first-order chi connectivity index (χ1) is 11.2. The van der Waals surface area contributed by atoms with Gasteiger partial charge in [0.15, 0.2) is 0 Å². The van der Waals surface area contributed by atoms with E-state index in [-0.39, 0.29) is 5.69 Å². The third kappa shape index (κ3) is 3.68. The van der Waals surface area contributed by atoms with Crippen molar-refractivity contribution in [3.8, 4) is 11.1 Å². The number of nitrogens with zero attached hydrogens (tertiary/aromatic N) is 2. The van der Waals surface area contributed by atoms with E-state index in [2.05, 4.69) is 17.1 Å². The lowest BCUT2D eigenvalue weighted by Gasteiger charge is -2.01. The average molecular weight is 302 g/mol. The van der Waals surface area contributed by atoms with Crippen molar-refractivity contribution in [3.05, 3.63) is 94.5 Å². The van der Waals surface area contributed by atoms with Gasteiger partial charge in [-0.1, -0.05) is 42.5 Å². The molecule has 0 heterocycles. The van der Waals surface area contributed by atoms with E-state index in [9.17, 15) is 10.1 Å². The largest absolute Gasteiger partial charge is 0.269 e. The predicted molar refractivity (Wildman–Crippen MR) is 92.2 cm³/mol. The maximum absolute atomic E-state index is 10.6. The van der Waals surface area contributed by atoms with Crippen LogP contribution in [-0.2, 0) is 0 Å². The Kier molecular flexibility index (Phi) is 4.25. The zero-order chi connectivity index (χ0) is 16.1. The molecule has 112 valence electrons. The van der Waals surface area contributed by atoms with Crippen LogP contribution in [0.3, 0.4) is 0 Å². The van der Waals surface area contributed by atoms with Gasteiger partial charge in [0.1, 0.15) is 0 Å². The molecule has 0 aliphatic heterocycles. The summed E-state index contributed by atoms with van der Waals surface area (Å²) in [6.45, 7) is 0. The molecule has 4 nitrogen and oxygen atoms in total. The molecule has 0 aliphatic carbocycles. The zero-order valence-corrected chi connectivity index (χ0v) is 12.3. The van der Waals surface area contributed by atoms with Gasteiger partial charge in [-0.3, -0.25) is 15.1 Å². The van der Waals surface area contributed by atoms with Crippen molar-refractivity contribution >= 4 is 17.6 Å². The van der Waals surface area contributed by atoms with Gasteiger partial charge in [-0.15, -0.1) is 0 Å². The van der Waals surface area contributed by atoms with Gasteiger partial charge >= 0.3 is 0 Å². The first-order valence-electron chi connectivity index (χ1n) is 7.16. The summed E-state index contributed by atoms with van der Waals surface area (Å²) < 4.78 is 0. The van der Waals surface area contributed by atoms with E-state index < -0.39 is 4.92 Å². The van der Waals surface area contributed by atoms with Crippen molar-refractivity contribution in [2.45, 2.75) is 0 Å². The van der Waals surface area contributed by atoms with Crippen molar-refractivity contribution in [2.24, 2.45) is 4.99 Å². The van der Waals surface area contributed by atoms with Gasteiger partial charge in [0, 0.05) is 18.3 Å².